The van der Waals surface area contributed by atoms with Crippen molar-refractivity contribution in [3.8, 4) is 23.0 Å². The van der Waals surface area contributed by atoms with Gasteiger partial charge in [-0.2, -0.15) is 0 Å². The zero-order chi connectivity index (χ0) is 57.0. The van der Waals surface area contributed by atoms with Crippen molar-refractivity contribution >= 4 is 48.2 Å². The molecule has 82 heavy (non-hydrogen) atoms. The highest BCUT2D eigenvalue weighted by Gasteiger charge is 2.72. The Balaban J connectivity index is 0.751. The van der Waals surface area contributed by atoms with Crippen molar-refractivity contribution in [1.82, 2.24) is 78.4 Å². The van der Waals surface area contributed by atoms with Crippen LogP contribution in [0.5, 0.6) is 23.0 Å². The summed E-state index contributed by atoms with van der Waals surface area (Å²) in [5, 5.41) is 40.6. The van der Waals surface area contributed by atoms with E-state index in [0.717, 1.165) is 0 Å². The van der Waals surface area contributed by atoms with E-state index in [4.69, 9.17) is 18.9 Å². The number of urea groups is 8. The monoisotopic (exact) mass is 1140 g/mol. The van der Waals surface area contributed by atoms with E-state index in [1.165, 1.54) is 78.4 Å². The van der Waals surface area contributed by atoms with Crippen molar-refractivity contribution in [2.45, 2.75) is 128 Å². The lowest BCUT2D eigenvalue weighted by atomic mass is 10.0. The molecular weight excluding hydrogens is 1080 g/mol. The standard InChI is InChI=1S/C50H60N16O16/c1-23(67)13-79-31-5-6-32(80-14-24(2)68)28-10-52-35-37-55(43(71)51(35)9-27(28)31)17-59-39-41-63(47(59)75)21-65-42-40-61(49(65)77)19-57-38-36-53(45(57)73)11-29-30(34(82-16-26(4)70)8-7-33(29)81-15-25(3)69)12-54(36)46(74)58(38)20-62(40)50(78)66(42)22-64(41)48(76)60(39)18-56(37)44(52)72/h5-8,23-26,35-42,67-70H,9-22H2,1-4H3/t23-,24-,25-,26-,35?,36?,37?,38?,39?,40?,41?,42?/m0/s1. The molecule has 2 aromatic carbocycles. The number of amides is 16. The maximum absolute atomic E-state index is 15.3. The van der Waals surface area contributed by atoms with Crippen molar-refractivity contribution < 1.29 is 77.7 Å². The molecule has 13 heterocycles. The second kappa shape index (κ2) is 17.6. The lowest BCUT2D eigenvalue weighted by molar-refractivity contribution is -0.0156. The first kappa shape index (κ1) is 50.6. The third-order valence-corrected chi connectivity index (χ3v) is 17.9. The Morgan fingerprint density at radius 3 is 0.610 bits per heavy atom. The molecule has 32 nitrogen and oxygen atoms in total. The highest BCUT2D eigenvalue weighted by atomic mass is 16.5. The predicted octanol–water partition coefficient (Wildman–Crippen LogP) is -1.25. The van der Waals surface area contributed by atoms with Gasteiger partial charge in [0.1, 0.15) is 89.4 Å². The van der Waals surface area contributed by atoms with Crippen molar-refractivity contribution in [2.24, 2.45) is 0 Å². The molecule has 32 heteroatoms. The summed E-state index contributed by atoms with van der Waals surface area (Å²) in [5.74, 6) is 1.38. The number of aliphatic hydroxyl groups excluding tert-OH is 4. The highest BCUT2D eigenvalue weighted by Crippen LogP contribution is 2.51. The van der Waals surface area contributed by atoms with Crippen LogP contribution in [-0.2, 0) is 26.2 Å². The zero-order valence-corrected chi connectivity index (χ0v) is 45.0. The first-order valence-corrected chi connectivity index (χ1v) is 27.4. The molecule has 13 aliphatic rings. The molecule has 0 saturated carbocycles. The molecule has 4 atom stereocenters. The van der Waals surface area contributed by atoms with E-state index >= 15 is 38.4 Å². The molecular formula is C50H60N16O16. The first-order valence-electron chi connectivity index (χ1n) is 27.4. The van der Waals surface area contributed by atoms with Gasteiger partial charge in [-0.25, -0.2) is 38.4 Å². The molecule has 4 N–H and O–H groups in total. The third kappa shape index (κ3) is 6.78. The summed E-state index contributed by atoms with van der Waals surface area (Å²) < 4.78 is 24.2. The molecule has 16 amide bonds. The molecule has 0 bridgehead atoms. The SMILES string of the molecule is C[C@H](O)COc1ccc(OC[C@H](C)O)c2c1CN1C(=O)N3CN4C(=O)N5CN6C(=O)N7CN8C(=O)N9Cc%10c(OC[C@H](C)O)ccc(OC[C@H](C)O)c%10CN%10C(=O)N(CN%11C(=O)N(CN%12C(=O)N(CN%13C(=O)N(C2)C1C3%13)C4C5%12)C6C7%11)C8C9%10. The van der Waals surface area contributed by atoms with Gasteiger partial charge in [-0.05, 0) is 52.0 Å². The van der Waals surface area contributed by atoms with Gasteiger partial charge in [0.25, 0.3) is 0 Å². The number of hydrogen-bond acceptors (Lipinski definition) is 16. The summed E-state index contributed by atoms with van der Waals surface area (Å²) in [4.78, 5) is 144. The van der Waals surface area contributed by atoms with Crippen LogP contribution in [0, 0.1) is 0 Å². The zero-order valence-electron chi connectivity index (χ0n) is 45.0. The van der Waals surface area contributed by atoms with Gasteiger partial charge in [-0.3, -0.25) is 78.4 Å². The van der Waals surface area contributed by atoms with Crippen molar-refractivity contribution in [3.05, 3.63) is 46.5 Å². The van der Waals surface area contributed by atoms with Gasteiger partial charge in [0, 0.05) is 22.3 Å². The van der Waals surface area contributed by atoms with Crippen LogP contribution in [0.2, 0.25) is 0 Å². The first-order chi connectivity index (χ1) is 39.3. The van der Waals surface area contributed by atoms with E-state index in [9.17, 15) is 20.4 Å². The number of rotatable bonds is 12. The van der Waals surface area contributed by atoms with Crippen molar-refractivity contribution in [3.63, 3.8) is 0 Å². The van der Waals surface area contributed by atoms with Crippen LogP contribution in [0.4, 0.5) is 38.4 Å². The van der Waals surface area contributed by atoms with Crippen LogP contribution < -0.4 is 18.9 Å². The number of aliphatic hydroxyl groups is 4. The van der Waals surface area contributed by atoms with Gasteiger partial charge in [-0.15, -0.1) is 0 Å². The normalized spacial score (nSPS) is 30.2. The Kier molecular flexibility index (Phi) is 10.8. The van der Waals surface area contributed by atoms with Gasteiger partial charge in [0.2, 0.25) is 0 Å². The topological polar surface area (TPSA) is 306 Å². The third-order valence-electron chi connectivity index (χ3n) is 17.9. The van der Waals surface area contributed by atoms with E-state index in [2.05, 4.69) is 0 Å². The quantitative estimate of drug-likeness (QED) is 0.193. The maximum Gasteiger partial charge on any atom is 0.326 e. The Labute approximate surface area is 466 Å². The largest absolute Gasteiger partial charge is 0.491 e. The van der Waals surface area contributed by atoms with Gasteiger partial charge < -0.3 is 39.4 Å². The van der Waals surface area contributed by atoms with Crippen LogP contribution >= 0.6 is 0 Å². The van der Waals surface area contributed by atoms with Crippen molar-refractivity contribution in [1.29, 1.82) is 0 Å². The Bertz CT molecular complexity index is 2790. The minimum atomic E-state index is -1.15. The molecule has 13 aliphatic heterocycles. The highest BCUT2D eigenvalue weighted by molar-refractivity contribution is 5.92. The van der Waals surface area contributed by atoms with Gasteiger partial charge in [-0.1, -0.05) is 0 Å². The van der Waals surface area contributed by atoms with E-state index in [1.54, 1.807) is 52.0 Å². The Morgan fingerprint density at radius 1 is 0.305 bits per heavy atom. The van der Waals surface area contributed by atoms with E-state index in [0.29, 0.717) is 45.3 Å². The molecule has 0 radical (unpaired) electrons. The fourth-order valence-corrected chi connectivity index (χ4v) is 14.5. The number of fused-ring (bicyclic) bond motifs is 2. The summed E-state index contributed by atoms with van der Waals surface area (Å²) in [5.41, 5.74) is 2.07. The number of nitrogens with zero attached hydrogens (tertiary/aromatic N) is 16. The van der Waals surface area contributed by atoms with E-state index in [-0.39, 0.29) is 79.3 Å². The van der Waals surface area contributed by atoms with E-state index < -0.39 is 135 Å². The Morgan fingerprint density at radius 2 is 0.451 bits per heavy atom. The molecule has 11 saturated heterocycles. The molecule has 0 unspecified atom stereocenters. The summed E-state index contributed by atoms with van der Waals surface area (Å²) in [7, 11) is 0. The fraction of sp³-hybridized carbons (Fsp3) is 0.600. The summed E-state index contributed by atoms with van der Waals surface area (Å²) in [6.45, 7) is 3.24. The number of carbonyl (C=O) groups excluding carboxylic acids is 8. The average Bonchev–Trinajstić information content (AvgIpc) is 1.85. The van der Waals surface area contributed by atoms with Crippen LogP contribution in [0.25, 0.3) is 0 Å². The maximum atomic E-state index is 15.3. The molecule has 2 aromatic rings. The second-order valence-electron chi connectivity index (χ2n) is 23.2. The van der Waals surface area contributed by atoms with Gasteiger partial charge >= 0.3 is 48.2 Å². The molecule has 11 fully saturated rings. The molecule has 15 rings (SSSR count). The fourth-order valence-electron chi connectivity index (χ4n) is 14.5. The predicted molar refractivity (Wildman–Crippen MR) is 269 cm³/mol. The van der Waals surface area contributed by atoms with Crippen LogP contribution in [0.3, 0.4) is 0 Å². The molecule has 0 aromatic heterocycles. The van der Waals surface area contributed by atoms with Crippen LogP contribution in [0.1, 0.15) is 49.9 Å². The lowest BCUT2D eigenvalue weighted by Gasteiger charge is -2.42. The molecule has 0 aliphatic carbocycles. The lowest BCUT2D eigenvalue weighted by Crippen LogP contribution is -2.63. The number of hydrogen-bond donors (Lipinski definition) is 4. The van der Waals surface area contributed by atoms with Crippen LogP contribution in [-0.4, -0.2) is 287 Å². The summed E-state index contributed by atoms with van der Waals surface area (Å²) in [6.07, 6.45) is -11.8. The minimum Gasteiger partial charge on any atom is -0.491 e. The second-order valence-corrected chi connectivity index (χ2v) is 23.2. The van der Waals surface area contributed by atoms with Gasteiger partial charge in [0.15, 0.2) is 49.3 Å². The minimum absolute atomic E-state index is 0.0752. The Hall–Kier alpha value is -8.36. The number of benzene rings is 2. The molecule has 0 spiro atoms. The smallest absolute Gasteiger partial charge is 0.326 e. The average molecular weight is 1140 g/mol. The number of ether oxygens (including phenoxy) is 4. The van der Waals surface area contributed by atoms with Gasteiger partial charge in [0.05, 0.1) is 50.6 Å². The van der Waals surface area contributed by atoms with Crippen LogP contribution in [0.15, 0.2) is 24.3 Å². The van der Waals surface area contributed by atoms with Crippen molar-refractivity contribution in [2.75, 3.05) is 66.4 Å². The summed E-state index contributed by atoms with van der Waals surface area (Å²) in [6, 6.07) is 1.95. The number of carbonyl (C=O) groups is 8. The van der Waals surface area contributed by atoms with E-state index in [1.807, 2.05) is 0 Å². The summed E-state index contributed by atoms with van der Waals surface area (Å²) >= 11 is 0. The molecule has 436 valence electrons.